The molecular formula is C16H25NO2. The highest BCUT2D eigenvalue weighted by Gasteiger charge is 2.19. The zero-order chi connectivity index (χ0) is 14.4. The zero-order valence-electron chi connectivity index (χ0n) is 12.6. The van der Waals surface area contributed by atoms with E-state index in [0.717, 1.165) is 11.3 Å². The lowest BCUT2D eigenvalue weighted by Gasteiger charge is -2.19. The standard InChI is InChI=1S/C16H25NO2/c1-6-14(16(18)17-10-11(2)3)19-15-9-7-8-12(4)13(15)5/h7-9,11,14H,6,10H2,1-5H3,(H,17,18)/t14-/m1/s1. The first kappa shape index (κ1) is 15.5. The van der Waals surface area contributed by atoms with E-state index in [9.17, 15) is 4.79 Å². The van der Waals surface area contributed by atoms with Gasteiger partial charge in [-0.3, -0.25) is 4.79 Å². The summed E-state index contributed by atoms with van der Waals surface area (Å²) in [6.45, 7) is 10.9. The summed E-state index contributed by atoms with van der Waals surface area (Å²) in [5, 5.41) is 2.92. The van der Waals surface area contributed by atoms with Crippen LogP contribution in [0.5, 0.6) is 5.75 Å². The number of hydrogen-bond donors (Lipinski definition) is 1. The number of nitrogens with one attached hydrogen (secondary N) is 1. The van der Waals surface area contributed by atoms with Crippen molar-refractivity contribution in [2.24, 2.45) is 5.92 Å². The molecule has 0 aliphatic rings. The molecule has 0 bridgehead atoms. The minimum Gasteiger partial charge on any atom is -0.480 e. The van der Waals surface area contributed by atoms with Gasteiger partial charge in [-0.05, 0) is 43.4 Å². The minimum absolute atomic E-state index is 0.0305. The van der Waals surface area contributed by atoms with Gasteiger partial charge in [0.2, 0.25) is 0 Å². The first-order chi connectivity index (χ1) is 8.95. The van der Waals surface area contributed by atoms with E-state index in [4.69, 9.17) is 4.74 Å². The van der Waals surface area contributed by atoms with Gasteiger partial charge < -0.3 is 10.1 Å². The average molecular weight is 263 g/mol. The summed E-state index contributed by atoms with van der Waals surface area (Å²) < 4.78 is 5.86. The van der Waals surface area contributed by atoms with E-state index in [-0.39, 0.29) is 5.91 Å². The van der Waals surface area contributed by atoms with Crippen LogP contribution in [0.4, 0.5) is 0 Å². The fourth-order valence-electron chi connectivity index (χ4n) is 1.75. The van der Waals surface area contributed by atoms with Crippen molar-refractivity contribution >= 4 is 5.91 Å². The van der Waals surface area contributed by atoms with Crippen LogP contribution in [0.3, 0.4) is 0 Å². The van der Waals surface area contributed by atoms with Crippen LogP contribution in [-0.2, 0) is 4.79 Å². The normalized spacial score (nSPS) is 12.3. The van der Waals surface area contributed by atoms with Crippen molar-refractivity contribution in [3.8, 4) is 5.75 Å². The van der Waals surface area contributed by atoms with Gasteiger partial charge in [0.1, 0.15) is 5.75 Å². The molecule has 1 atom stereocenters. The summed E-state index contributed by atoms with van der Waals surface area (Å²) in [5.41, 5.74) is 2.27. The number of carbonyl (C=O) groups excluding carboxylic acids is 1. The second kappa shape index (κ2) is 7.17. The van der Waals surface area contributed by atoms with Gasteiger partial charge in [0.15, 0.2) is 6.10 Å². The highest BCUT2D eigenvalue weighted by Crippen LogP contribution is 2.22. The first-order valence-corrected chi connectivity index (χ1v) is 6.96. The predicted octanol–water partition coefficient (Wildman–Crippen LogP) is 3.23. The summed E-state index contributed by atoms with van der Waals surface area (Å²) in [4.78, 5) is 12.0. The molecule has 1 N–H and O–H groups in total. The summed E-state index contributed by atoms with van der Waals surface area (Å²) >= 11 is 0. The highest BCUT2D eigenvalue weighted by molar-refractivity contribution is 5.81. The van der Waals surface area contributed by atoms with Crippen molar-refractivity contribution in [2.75, 3.05) is 6.54 Å². The smallest absolute Gasteiger partial charge is 0.261 e. The Labute approximate surface area is 116 Å². The Bertz CT molecular complexity index is 427. The molecule has 3 nitrogen and oxygen atoms in total. The molecule has 3 heteroatoms. The molecule has 1 aromatic carbocycles. The molecule has 0 saturated carbocycles. The molecule has 0 spiro atoms. The van der Waals surface area contributed by atoms with Crippen LogP contribution >= 0.6 is 0 Å². The molecule has 0 radical (unpaired) electrons. The molecule has 19 heavy (non-hydrogen) atoms. The van der Waals surface area contributed by atoms with Gasteiger partial charge in [-0.25, -0.2) is 0 Å². The maximum absolute atomic E-state index is 12.0. The van der Waals surface area contributed by atoms with Crippen molar-refractivity contribution in [3.63, 3.8) is 0 Å². The van der Waals surface area contributed by atoms with E-state index < -0.39 is 6.10 Å². The summed E-state index contributed by atoms with van der Waals surface area (Å²) in [7, 11) is 0. The molecule has 1 aromatic rings. The molecule has 0 aliphatic carbocycles. The van der Waals surface area contributed by atoms with Gasteiger partial charge in [0.05, 0.1) is 0 Å². The third-order valence-electron chi connectivity index (χ3n) is 3.17. The van der Waals surface area contributed by atoms with Crippen molar-refractivity contribution in [1.29, 1.82) is 0 Å². The third-order valence-corrected chi connectivity index (χ3v) is 3.17. The van der Waals surface area contributed by atoms with Crippen LogP contribution in [-0.4, -0.2) is 18.6 Å². The number of carbonyl (C=O) groups is 1. The largest absolute Gasteiger partial charge is 0.480 e. The van der Waals surface area contributed by atoms with Crippen molar-refractivity contribution in [1.82, 2.24) is 5.32 Å². The van der Waals surface area contributed by atoms with Crippen molar-refractivity contribution < 1.29 is 9.53 Å². The van der Waals surface area contributed by atoms with Crippen LogP contribution < -0.4 is 10.1 Å². The maximum Gasteiger partial charge on any atom is 0.261 e. The Balaban J connectivity index is 2.71. The van der Waals surface area contributed by atoms with Crippen molar-refractivity contribution in [3.05, 3.63) is 29.3 Å². The van der Waals surface area contributed by atoms with Crippen LogP contribution in [0.1, 0.15) is 38.3 Å². The van der Waals surface area contributed by atoms with E-state index in [0.29, 0.717) is 18.9 Å². The SMILES string of the molecule is CC[C@@H](Oc1cccc(C)c1C)C(=O)NCC(C)C. The fourth-order valence-corrected chi connectivity index (χ4v) is 1.75. The maximum atomic E-state index is 12.0. The molecule has 0 saturated heterocycles. The van der Waals surface area contributed by atoms with E-state index in [1.165, 1.54) is 5.56 Å². The Morgan fingerprint density at radius 1 is 1.32 bits per heavy atom. The Hall–Kier alpha value is -1.51. The lowest BCUT2D eigenvalue weighted by atomic mass is 10.1. The molecule has 1 rings (SSSR count). The van der Waals surface area contributed by atoms with Gasteiger partial charge in [0.25, 0.3) is 5.91 Å². The molecule has 0 aliphatic heterocycles. The van der Waals surface area contributed by atoms with Crippen LogP contribution in [0, 0.1) is 19.8 Å². The van der Waals surface area contributed by atoms with Gasteiger partial charge in [-0.1, -0.05) is 32.9 Å². The molecular weight excluding hydrogens is 238 g/mol. The monoisotopic (exact) mass is 263 g/mol. The second-order valence-electron chi connectivity index (χ2n) is 5.35. The topological polar surface area (TPSA) is 38.3 Å². The molecule has 0 fully saturated rings. The quantitative estimate of drug-likeness (QED) is 0.855. The number of ether oxygens (including phenoxy) is 1. The van der Waals surface area contributed by atoms with Crippen molar-refractivity contribution in [2.45, 2.75) is 47.1 Å². The number of amides is 1. The molecule has 0 heterocycles. The lowest BCUT2D eigenvalue weighted by molar-refractivity contribution is -0.128. The van der Waals surface area contributed by atoms with Gasteiger partial charge in [-0.15, -0.1) is 0 Å². The highest BCUT2D eigenvalue weighted by atomic mass is 16.5. The average Bonchev–Trinajstić information content (AvgIpc) is 2.37. The zero-order valence-corrected chi connectivity index (χ0v) is 12.6. The molecule has 106 valence electrons. The van der Waals surface area contributed by atoms with E-state index >= 15 is 0 Å². The van der Waals surface area contributed by atoms with Gasteiger partial charge in [0, 0.05) is 6.54 Å². The predicted molar refractivity (Wildman–Crippen MR) is 78.5 cm³/mol. The van der Waals surface area contributed by atoms with E-state index in [1.807, 2.05) is 39.0 Å². The second-order valence-corrected chi connectivity index (χ2v) is 5.35. The third kappa shape index (κ3) is 4.58. The number of aryl methyl sites for hydroxylation is 1. The van der Waals surface area contributed by atoms with Crippen LogP contribution in [0.15, 0.2) is 18.2 Å². The summed E-state index contributed by atoms with van der Waals surface area (Å²) in [6, 6.07) is 5.92. The molecule has 1 amide bonds. The van der Waals surface area contributed by atoms with E-state index in [1.54, 1.807) is 0 Å². The van der Waals surface area contributed by atoms with Crippen LogP contribution in [0.25, 0.3) is 0 Å². The fraction of sp³-hybridized carbons (Fsp3) is 0.562. The van der Waals surface area contributed by atoms with E-state index in [2.05, 4.69) is 19.2 Å². The Kier molecular flexibility index (Phi) is 5.87. The van der Waals surface area contributed by atoms with Gasteiger partial charge >= 0.3 is 0 Å². The van der Waals surface area contributed by atoms with Crippen LogP contribution in [0.2, 0.25) is 0 Å². The Morgan fingerprint density at radius 3 is 2.58 bits per heavy atom. The molecule has 0 aromatic heterocycles. The molecule has 0 unspecified atom stereocenters. The lowest BCUT2D eigenvalue weighted by Crippen LogP contribution is -2.39. The van der Waals surface area contributed by atoms with Gasteiger partial charge in [-0.2, -0.15) is 0 Å². The summed E-state index contributed by atoms with van der Waals surface area (Å²) in [6.07, 6.45) is 0.247. The summed E-state index contributed by atoms with van der Waals surface area (Å²) in [5.74, 6) is 1.21. The Morgan fingerprint density at radius 2 is 2.00 bits per heavy atom. The number of benzene rings is 1. The number of hydrogen-bond acceptors (Lipinski definition) is 2. The number of rotatable bonds is 6. The minimum atomic E-state index is -0.417. The first-order valence-electron chi connectivity index (χ1n) is 6.96.